The fourth-order valence-electron chi connectivity index (χ4n) is 1.67. The van der Waals surface area contributed by atoms with Crippen molar-refractivity contribution in [3.63, 3.8) is 0 Å². The first-order valence-electron chi connectivity index (χ1n) is 6.60. The van der Waals surface area contributed by atoms with Gasteiger partial charge in [-0.25, -0.2) is 0 Å². The minimum atomic E-state index is -0.226. The highest BCUT2D eigenvalue weighted by Crippen LogP contribution is 2.15. The van der Waals surface area contributed by atoms with Crippen LogP contribution in [0.1, 0.15) is 11.1 Å². The standard InChI is InChI=1S/C16H21N3O2/c1-5-8-19(4)16(21)10-15(17-11-20)18-14-7-6-12(2)13(3)9-14/h5-7,9-11,18H,1,8H2,2-4H3,(H,17,20)/b15-10+. The minimum absolute atomic E-state index is 0.226. The van der Waals surface area contributed by atoms with Gasteiger partial charge >= 0.3 is 0 Å². The summed E-state index contributed by atoms with van der Waals surface area (Å²) in [4.78, 5) is 24.1. The van der Waals surface area contributed by atoms with Crippen LogP contribution in [-0.4, -0.2) is 30.8 Å². The lowest BCUT2D eigenvalue weighted by molar-refractivity contribution is -0.124. The third-order valence-electron chi connectivity index (χ3n) is 3.05. The molecule has 0 aliphatic rings. The third kappa shape index (κ3) is 5.14. The molecule has 5 heteroatoms. The summed E-state index contributed by atoms with van der Waals surface area (Å²) in [6.07, 6.45) is 3.50. The Morgan fingerprint density at radius 3 is 2.62 bits per heavy atom. The number of carbonyl (C=O) groups is 2. The van der Waals surface area contributed by atoms with Crippen molar-refractivity contribution in [1.29, 1.82) is 0 Å². The van der Waals surface area contributed by atoms with Crippen molar-refractivity contribution in [3.8, 4) is 0 Å². The number of benzene rings is 1. The molecule has 0 aliphatic carbocycles. The summed E-state index contributed by atoms with van der Waals surface area (Å²) in [5, 5.41) is 5.51. The van der Waals surface area contributed by atoms with Crippen molar-refractivity contribution in [1.82, 2.24) is 10.2 Å². The minimum Gasteiger partial charge on any atom is -0.342 e. The maximum absolute atomic E-state index is 11.9. The molecule has 1 aromatic rings. The molecule has 0 atom stereocenters. The average molecular weight is 287 g/mol. The molecule has 5 nitrogen and oxygen atoms in total. The Morgan fingerprint density at radius 1 is 1.33 bits per heavy atom. The zero-order valence-corrected chi connectivity index (χ0v) is 12.6. The molecule has 0 bridgehead atoms. The number of nitrogens with one attached hydrogen (secondary N) is 2. The number of nitrogens with zero attached hydrogens (tertiary/aromatic N) is 1. The molecule has 0 saturated heterocycles. The van der Waals surface area contributed by atoms with Crippen LogP contribution in [0.15, 0.2) is 42.8 Å². The Hall–Kier alpha value is -2.56. The Bertz CT molecular complexity index is 565. The summed E-state index contributed by atoms with van der Waals surface area (Å²) in [6, 6.07) is 5.82. The van der Waals surface area contributed by atoms with Crippen LogP contribution in [0.3, 0.4) is 0 Å². The maximum atomic E-state index is 11.9. The van der Waals surface area contributed by atoms with Crippen molar-refractivity contribution < 1.29 is 9.59 Å². The van der Waals surface area contributed by atoms with Gasteiger partial charge in [-0.3, -0.25) is 9.59 Å². The van der Waals surface area contributed by atoms with Crippen LogP contribution in [0, 0.1) is 13.8 Å². The summed E-state index contributed by atoms with van der Waals surface area (Å²) in [7, 11) is 1.66. The van der Waals surface area contributed by atoms with Crippen LogP contribution in [0.4, 0.5) is 5.69 Å². The molecule has 0 unspecified atom stereocenters. The molecule has 0 saturated carbocycles. The van der Waals surface area contributed by atoms with Gasteiger partial charge in [0, 0.05) is 25.4 Å². The number of likely N-dealkylation sites (N-methyl/N-ethyl adjacent to an activating group) is 1. The molecule has 0 spiro atoms. The van der Waals surface area contributed by atoms with Crippen LogP contribution < -0.4 is 10.6 Å². The highest BCUT2D eigenvalue weighted by atomic mass is 16.2. The maximum Gasteiger partial charge on any atom is 0.250 e. The van der Waals surface area contributed by atoms with Gasteiger partial charge in [-0.1, -0.05) is 12.1 Å². The van der Waals surface area contributed by atoms with Crippen LogP contribution in [0.5, 0.6) is 0 Å². The molecule has 2 N–H and O–H groups in total. The van der Waals surface area contributed by atoms with Gasteiger partial charge in [0.1, 0.15) is 5.82 Å². The van der Waals surface area contributed by atoms with E-state index in [0.29, 0.717) is 18.8 Å². The van der Waals surface area contributed by atoms with Gasteiger partial charge in [-0.05, 0) is 37.1 Å². The van der Waals surface area contributed by atoms with Crippen LogP contribution in [0.25, 0.3) is 0 Å². The number of hydrogen-bond donors (Lipinski definition) is 2. The first-order chi connectivity index (χ1) is 9.97. The number of anilines is 1. The molecule has 21 heavy (non-hydrogen) atoms. The van der Waals surface area contributed by atoms with Gasteiger partial charge in [0.15, 0.2) is 0 Å². The first-order valence-corrected chi connectivity index (χ1v) is 6.60. The van der Waals surface area contributed by atoms with Gasteiger partial charge in [0.25, 0.3) is 0 Å². The van der Waals surface area contributed by atoms with Crippen molar-refractivity contribution in [2.45, 2.75) is 13.8 Å². The summed E-state index contributed by atoms with van der Waals surface area (Å²) in [6.45, 7) is 8.04. The third-order valence-corrected chi connectivity index (χ3v) is 3.05. The van der Waals surface area contributed by atoms with E-state index in [-0.39, 0.29) is 5.91 Å². The SMILES string of the molecule is C=CCN(C)C(=O)/C=C(\NC=O)Nc1ccc(C)c(C)c1. The average Bonchev–Trinajstić information content (AvgIpc) is 2.43. The molecule has 0 radical (unpaired) electrons. The largest absolute Gasteiger partial charge is 0.342 e. The molecular weight excluding hydrogens is 266 g/mol. The lowest BCUT2D eigenvalue weighted by atomic mass is 10.1. The predicted octanol–water partition coefficient (Wildman–Crippen LogP) is 1.95. The van der Waals surface area contributed by atoms with E-state index in [9.17, 15) is 9.59 Å². The van der Waals surface area contributed by atoms with Gasteiger partial charge in [0.2, 0.25) is 12.3 Å². The molecule has 112 valence electrons. The van der Waals surface area contributed by atoms with Gasteiger partial charge in [-0.15, -0.1) is 6.58 Å². The predicted molar refractivity (Wildman–Crippen MR) is 84.7 cm³/mol. The number of carbonyl (C=O) groups excluding carboxylic acids is 2. The van der Waals surface area contributed by atoms with Crippen LogP contribution in [0.2, 0.25) is 0 Å². The van der Waals surface area contributed by atoms with Crippen molar-refractivity contribution in [2.75, 3.05) is 18.9 Å². The number of rotatable bonds is 7. The second-order valence-electron chi connectivity index (χ2n) is 4.75. The van der Waals surface area contributed by atoms with E-state index in [2.05, 4.69) is 17.2 Å². The second-order valence-corrected chi connectivity index (χ2v) is 4.75. The van der Waals surface area contributed by atoms with E-state index in [4.69, 9.17) is 0 Å². The van der Waals surface area contributed by atoms with Crippen LogP contribution >= 0.6 is 0 Å². The van der Waals surface area contributed by atoms with Crippen molar-refractivity contribution >= 4 is 18.0 Å². The second kappa shape index (κ2) is 7.89. The lowest BCUT2D eigenvalue weighted by Gasteiger charge is -2.15. The molecule has 0 aliphatic heterocycles. The van der Waals surface area contributed by atoms with Crippen molar-refractivity contribution in [3.05, 3.63) is 53.9 Å². The fourth-order valence-corrected chi connectivity index (χ4v) is 1.67. The normalized spacial score (nSPS) is 10.7. The number of amides is 2. The smallest absolute Gasteiger partial charge is 0.250 e. The summed E-state index contributed by atoms with van der Waals surface area (Å²) in [5.74, 6) is 0.102. The van der Waals surface area contributed by atoms with Gasteiger partial charge in [-0.2, -0.15) is 0 Å². The Balaban J connectivity index is 2.90. The number of aryl methyl sites for hydroxylation is 2. The molecule has 1 aromatic carbocycles. The fraction of sp³-hybridized carbons (Fsp3) is 0.250. The zero-order chi connectivity index (χ0) is 15.8. The monoisotopic (exact) mass is 287 g/mol. The molecular formula is C16H21N3O2. The van der Waals surface area contributed by atoms with Crippen molar-refractivity contribution in [2.24, 2.45) is 0 Å². The number of hydrogen-bond acceptors (Lipinski definition) is 3. The van der Waals surface area contributed by atoms with E-state index in [1.165, 1.54) is 16.5 Å². The highest BCUT2D eigenvalue weighted by molar-refractivity contribution is 5.89. The lowest BCUT2D eigenvalue weighted by Crippen LogP contribution is -2.28. The summed E-state index contributed by atoms with van der Waals surface area (Å²) in [5.41, 5.74) is 3.11. The quantitative estimate of drug-likeness (QED) is 0.458. The molecule has 0 aromatic heterocycles. The topological polar surface area (TPSA) is 61.4 Å². The zero-order valence-electron chi connectivity index (χ0n) is 12.6. The molecule has 0 heterocycles. The van der Waals surface area contributed by atoms with E-state index >= 15 is 0 Å². The Labute approximate surface area is 125 Å². The van der Waals surface area contributed by atoms with Gasteiger partial charge in [0.05, 0.1) is 0 Å². The van der Waals surface area contributed by atoms with Gasteiger partial charge < -0.3 is 15.5 Å². The summed E-state index contributed by atoms with van der Waals surface area (Å²) >= 11 is 0. The van der Waals surface area contributed by atoms with E-state index in [1.54, 1.807) is 13.1 Å². The van der Waals surface area contributed by atoms with E-state index in [0.717, 1.165) is 11.3 Å². The molecule has 2 amide bonds. The molecule has 0 fully saturated rings. The Morgan fingerprint density at radius 2 is 2.05 bits per heavy atom. The van der Waals surface area contributed by atoms with E-state index < -0.39 is 0 Å². The Kier molecular flexibility index (Phi) is 6.20. The highest BCUT2D eigenvalue weighted by Gasteiger charge is 2.07. The van der Waals surface area contributed by atoms with E-state index in [1.807, 2.05) is 32.0 Å². The first kappa shape index (κ1) is 16.5. The van der Waals surface area contributed by atoms with Crippen LogP contribution in [-0.2, 0) is 9.59 Å². The molecule has 1 rings (SSSR count). The summed E-state index contributed by atoms with van der Waals surface area (Å²) < 4.78 is 0.